The van der Waals surface area contributed by atoms with E-state index in [0.717, 1.165) is 0 Å². The highest BCUT2D eigenvalue weighted by Crippen LogP contribution is 2.20. The quantitative estimate of drug-likeness (QED) is 0.152. The molecule has 0 aromatic carbocycles. The van der Waals surface area contributed by atoms with E-state index < -0.39 is 78.6 Å². The lowest BCUT2D eigenvalue weighted by Gasteiger charge is -2.19. The summed E-state index contributed by atoms with van der Waals surface area (Å²) in [6, 6.07) is 0. The zero-order valence-electron chi connectivity index (χ0n) is 28.8. The van der Waals surface area contributed by atoms with Crippen LogP contribution in [0.15, 0.2) is 0 Å². The Morgan fingerprint density at radius 3 is 1.07 bits per heavy atom. The molecule has 0 aromatic rings. The molecule has 0 aliphatic carbocycles. The Kier molecular flexibility index (Phi) is 34.2. The molecule has 324 valence electrons. The standard InChI is InChI=1S/C10H15F3O3.C7H15NO2.C4H6F3NO.C4H3F3O3.C2HF3O2.2CH4/c1-9(2,3)16-8(15)6-4-5-7(14)10(11,12)13;1-7(2,3)10-6(9)4-5-8;5-4(6,7)3(9)1-2-8;1-2(8)10-3(9)4(5,6)7;3-2(4,5)1(6)7;;/h4-6H2,1-3H3;4-5,8H2,1-3H3;1-2,8H2;1H3;(H,6,7);2*1H4. The maximum absolute atomic E-state index is 11.8. The molecule has 0 aliphatic rings. The number of carbonyl (C=O) groups is 7. The molecule has 0 aliphatic heterocycles. The second-order valence-corrected chi connectivity index (χ2v) is 11.2. The number of carboxylic acid groups (broad SMARTS) is 1. The fraction of sp³-hybridized carbons (Fsp3) is 0.759. The van der Waals surface area contributed by atoms with Gasteiger partial charge in [-0.15, -0.1) is 0 Å². The summed E-state index contributed by atoms with van der Waals surface area (Å²) >= 11 is 0. The summed E-state index contributed by atoms with van der Waals surface area (Å²) in [6.07, 6.45) is -21.0. The van der Waals surface area contributed by atoms with Gasteiger partial charge in [0.15, 0.2) is 0 Å². The molecular formula is C29H48F12N2O11. The first-order chi connectivity index (χ1) is 22.7. The average molecular weight is 829 g/mol. The molecule has 0 bridgehead atoms. The van der Waals surface area contributed by atoms with E-state index in [9.17, 15) is 81.5 Å². The fourth-order valence-corrected chi connectivity index (χ4v) is 1.93. The molecule has 0 saturated heterocycles. The number of Topliss-reactive ketones (excluding diaryl/α,β-unsaturated/α-hetero) is 2. The van der Waals surface area contributed by atoms with Gasteiger partial charge in [-0.25, -0.2) is 4.79 Å². The van der Waals surface area contributed by atoms with Crippen LogP contribution in [0.2, 0.25) is 0 Å². The van der Waals surface area contributed by atoms with Crippen molar-refractivity contribution in [2.75, 3.05) is 13.1 Å². The van der Waals surface area contributed by atoms with Crippen LogP contribution >= 0.6 is 0 Å². The van der Waals surface area contributed by atoms with E-state index in [-0.39, 0.29) is 45.8 Å². The van der Waals surface area contributed by atoms with Crippen molar-refractivity contribution in [2.24, 2.45) is 5.73 Å². The molecule has 0 rings (SSSR count). The van der Waals surface area contributed by atoms with E-state index in [4.69, 9.17) is 25.1 Å². The van der Waals surface area contributed by atoms with Crippen molar-refractivity contribution in [3.05, 3.63) is 0 Å². The molecule has 0 amide bonds. The lowest BCUT2D eigenvalue weighted by Crippen LogP contribution is -2.51. The van der Waals surface area contributed by atoms with Gasteiger partial charge in [0, 0.05) is 26.3 Å². The van der Waals surface area contributed by atoms with E-state index in [1.54, 1.807) is 20.8 Å². The molecule has 54 heavy (non-hydrogen) atoms. The van der Waals surface area contributed by atoms with Gasteiger partial charge in [-0.2, -0.15) is 52.7 Å². The smallest absolute Gasteiger partial charge is 0.491 e. The fourth-order valence-electron chi connectivity index (χ4n) is 1.93. The van der Waals surface area contributed by atoms with Crippen LogP contribution in [0, 0.1) is 0 Å². The third-order valence-corrected chi connectivity index (χ3v) is 3.71. The van der Waals surface area contributed by atoms with Gasteiger partial charge in [-0.3, -0.25) is 24.0 Å². The number of nitrogens with two attached hydrogens (primary N) is 1. The molecule has 0 unspecified atom stereocenters. The van der Waals surface area contributed by atoms with E-state index in [2.05, 4.69) is 10.5 Å². The van der Waals surface area contributed by atoms with Gasteiger partial charge in [0.2, 0.25) is 11.6 Å². The summed E-state index contributed by atoms with van der Waals surface area (Å²) in [7, 11) is 0. The van der Waals surface area contributed by atoms with Crippen LogP contribution in [0.4, 0.5) is 52.7 Å². The van der Waals surface area contributed by atoms with Gasteiger partial charge in [0.25, 0.3) is 0 Å². The van der Waals surface area contributed by atoms with Crippen molar-refractivity contribution >= 4 is 41.4 Å². The Bertz CT molecular complexity index is 1140. The Morgan fingerprint density at radius 1 is 0.574 bits per heavy atom. The van der Waals surface area contributed by atoms with Crippen LogP contribution < -0.4 is 16.6 Å². The zero-order valence-corrected chi connectivity index (χ0v) is 28.8. The zero-order chi connectivity index (χ0) is 43.1. The average Bonchev–Trinajstić information content (AvgIpc) is 2.85. The topological polar surface area (TPSA) is 224 Å². The maximum atomic E-state index is 11.8. The van der Waals surface area contributed by atoms with E-state index in [1.165, 1.54) is 0 Å². The molecule has 0 saturated carbocycles. The van der Waals surface area contributed by atoms with Crippen molar-refractivity contribution in [1.82, 2.24) is 0 Å². The second kappa shape index (κ2) is 28.4. The third-order valence-electron chi connectivity index (χ3n) is 3.71. The predicted octanol–water partition coefficient (Wildman–Crippen LogP) is 4.27. The van der Waals surface area contributed by atoms with Crippen LogP contribution in [0.25, 0.3) is 0 Å². The number of quaternary nitrogens is 1. The van der Waals surface area contributed by atoms with Gasteiger partial charge < -0.3 is 35.6 Å². The molecule has 13 nitrogen and oxygen atoms in total. The first-order valence-corrected chi connectivity index (χ1v) is 13.9. The number of alkyl halides is 12. The van der Waals surface area contributed by atoms with Crippen LogP contribution in [0.5, 0.6) is 0 Å². The summed E-state index contributed by atoms with van der Waals surface area (Å²) < 4.78 is 147. The number of carbonyl (C=O) groups excluding carboxylic acids is 7. The molecule has 25 heteroatoms. The number of carboxylic acids is 1. The molecular weight excluding hydrogens is 780 g/mol. The second-order valence-electron chi connectivity index (χ2n) is 11.2. The lowest BCUT2D eigenvalue weighted by atomic mass is 10.1. The van der Waals surface area contributed by atoms with Crippen molar-refractivity contribution in [3.8, 4) is 0 Å². The summed E-state index contributed by atoms with van der Waals surface area (Å²) in [4.78, 5) is 70.4. The number of aliphatic carboxylic acids is 1. The van der Waals surface area contributed by atoms with Crippen molar-refractivity contribution in [2.45, 2.75) is 131 Å². The van der Waals surface area contributed by atoms with E-state index >= 15 is 0 Å². The molecule has 0 atom stereocenters. The summed E-state index contributed by atoms with van der Waals surface area (Å²) in [5, 5.41) is 8.78. The minimum absolute atomic E-state index is 0. The SMILES string of the molecule is C.C.CC(=O)OC(=O)C(F)(F)F.CC(C)(C)OC(=O)CCCC(=O)C(F)(F)F.CC(C)(C)OC(=O)CCN.O=C([O-])C(F)(F)F.[NH3+]CCC(=O)C(F)(F)F. The predicted molar refractivity (Wildman–Crippen MR) is 161 cm³/mol. The number of ketones is 2. The van der Waals surface area contributed by atoms with E-state index in [0.29, 0.717) is 19.9 Å². The first-order valence-electron chi connectivity index (χ1n) is 13.9. The summed E-state index contributed by atoms with van der Waals surface area (Å²) in [5.41, 5.74) is 7.22. The first kappa shape index (κ1) is 64.9. The lowest BCUT2D eigenvalue weighted by molar-refractivity contribution is -0.367. The highest BCUT2D eigenvalue weighted by Gasteiger charge is 2.42. The number of ether oxygens (including phenoxy) is 3. The normalized spacial score (nSPS) is 11.1. The highest BCUT2D eigenvalue weighted by atomic mass is 19.4. The van der Waals surface area contributed by atoms with Gasteiger partial charge in [0.05, 0.1) is 19.4 Å². The molecule has 0 spiro atoms. The molecule has 0 fully saturated rings. The Morgan fingerprint density at radius 2 is 0.889 bits per heavy atom. The number of rotatable bonds is 8. The van der Waals surface area contributed by atoms with Crippen LogP contribution in [-0.4, -0.2) is 90.4 Å². The molecule has 0 aromatic heterocycles. The maximum Gasteiger partial charge on any atom is 0.491 e. The summed E-state index contributed by atoms with van der Waals surface area (Å²) in [5.74, 6) is -11.1. The van der Waals surface area contributed by atoms with Gasteiger partial charge >= 0.3 is 48.6 Å². The van der Waals surface area contributed by atoms with Gasteiger partial charge in [-0.1, -0.05) is 14.9 Å². The Labute approximate surface area is 303 Å². The van der Waals surface area contributed by atoms with Crippen molar-refractivity contribution < 1.29 is 111 Å². The molecule has 5 N–H and O–H groups in total. The van der Waals surface area contributed by atoms with Crippen LogP contribution in [-0.2, 0) is 47.8 Å². The van der Waals surface area contributed by atoms with Crippen LogP contribution in [0.1, 0.15) is 95.4 Å². The Hall–Kier alpha value is -4.03. The van der Waals surface area contributed by atoms with Crippen molar-refractivity contribution in [3.63, 3.8) is 0 Å². The summed E-state index contributed by atoms with van der Waals surface area (Å²) in [6.45, 7) is 11.5. The highest BCUT2D eigenvalue weighted by molar-refractivity contribution is 5.87. The minimum atomic E-state index is -5.19. The minimum Gasteiger partial charge on any atom is -0.542 e. The molecule has 0 radical (unpaired) electrons. The van der Waals surface area contributed by atoms with Gasteiger partial charge in [0.1, 0.15) is 17.2 Å². The van der Waals surface area contributed by atoms with Crippen molar-refractivity contribution in [1.29, 1.82) is 0 Å². The number of esters is 4. The largest absolute Gasteiger partial charge is 0.542 e. The number of hydrogen-bond donors (Lipinski definition) is 2. The van der Waals surface area contributed by atoms with E-state index in [1.807, 2.05) is 20.8 Å². The van der Waals surface area contributed by atoms with Crippen LogP contribution in [0.3, 0.4) is 0 Å². The Balaban J connectivity index is -0.000000104. The van der Waals surface area contributed by atoms with Gasteiger partial charge in [-0.05, 0) is 48.0 Å². The molecule has 0 heterocycles. The third kappa shape index (κ3) is 50.1. The monoisotopic (exact) mass is 828 g/mol. The number of hydrogen-bond acceptors (Lipinski definition) is 12. The number of halogens is 12.